The van der Waals surface area contributed by atoms with Crippen LogP contribution < -0.4 is 11.1 Å². The second kappa shape index (κ2) is 9.19. The topological polar surface area (TPSA) is 75.4 Å². The molecular weight excluding hydrogens is 398 g/mol. The molecule has 0 saturated heterocycles. The lowest BCUT2D eigenvalue weighted by Gasteiger charge is -2.38. The van der Waals surface area contributed by atoms with Gasteiger partial charge in [-0.05, 0) is 61.6 Å². The molecule has 30 heavy (non-hydrogen) atoms. The number of amides is 2. The van der Waals surface area contributed by atoms with Gasteiger partial charge in [-0.3, -0.25) is 9.59 Å². The van der Waals surface area contributed by atoms with E-state index in [1.165, 1.54) is 0 Å². The minimum absolute atomic E-state index is 0.0350. The predicted molar refractivity (Wildman–Crippen MR) is 119 cm³/mol. The van der Waals surface area contributed by atoms with E-state index in [1.54, 1.807) is 6.07 Å². The first-order valence-corrected chi connectivity index (χ1v) is 11.1. The average molecular weight is 426 g/mol. The van der Waals surface area contributed by atoms with Crippen LogP contribution in [0, 0.1) is 5.92 Å². The number of hydrogen-bond donors (Lipinski definition) is 2. The summed E-state index contributed by atoms with van der Waals surface area (Å²) in [5.41, 5.74) is 8.61. The molecule has 0 bridgehead atoms. The van der Waals surface area contributed by atoms with E-state index in [0.29, 0.717) is 22.8 Å². The Hall–Kier alpha value is -2.37. The largest absolute Gasteiger partial charge is 0.330 e. The van der Waals surface area contributed by atoms with E-state index in [0.717, 1.165) is 44.1 Å². The summed E-state index contributed by atoms with van der Waals surface area (Å²) in [6.07, 6.45) is 5.84. The van der Waals surface area contributed by atoms with Gasteiger partial charge < -0.3 is 16.0 Å². The van der Waals surface area contributed by atoms with Crippen molar-refractivity contribution in [1.29, 1.82) is 0 Å². The molecule has 2 saturated carbocycles. The van der Waals surface area contributed by atoms with Gasteiger partial charge in [0.2, 0.25) is 5.91 Å². The highest BCUT2D eigenvalue weighted by Crippen LogP contribution is 2.32. The first-order valence-electron chi connectivity index (χ1n) is 10.7. The van der Waals surface area contributed by atoms with Crippen LogP contribution in [0.1, 0.15) is 54.4 Å². The maximum Gasteiger partial charge on any atom is 0.254 e. The Morgan fingerprint density at radius 3 is 2.47 bits per heavy atom. The fourth-order valence-corrected chi connectivity index (χ4v) is 4.34. The molecular formula is C24H28ClN3O2. The first kappa shape index (κ1) is 20.9. The molecule has 2 aromatic carbocycles. The third kappa shape index (κ3) is 4.85. The molecule has 4 rings (SSSR count). The number of benzene rings is 2. The van der Waals surface area contributed by atoms with E-state index in [9.17, 15) is 9.59 Å². The summed E-state index contributed by atoms with van der Waals surface area (Å²) in [5.74, 6) is 0.136. The number of carbonyl (C=O) groups excluding carboxylic acids is 2. The number of nitrogens with two attached hydrogens (primary N) is 1. The molecule has 2 fully saturated rings. The highest BCUT2D eigenvalue weighted by Gasteiger charge is 2.32. The van der Waals surface area contributed by atoms with E-state index in [4.69, 9.17) is 17.3 Å². The van der Waals surface area contributed by atoms with Gasteiger partial charge in [-0.25, -0.2) is 0 Å². The summed E-state index contributed by atoms with van der Waals surface area (Å²) in [6, 6.07) is 14.7. The monoisotopic (exact) mass is 425 g/mol. The van der Waals surface area contributed by atoms with E-state index in [2.05, 4.69) is 5.32 Å². The fourth-order valence-electron chi connectivity index (χ4n) is 4.16. The van der Waals surface area contributed by atoms with Crippen LogP contribution in [0.15, 0.2) is 48.5 Å². The van der Waals surface area contributed by atoms with Crippen LogP contribution >= 0.6 is 11.6 Å². The maximum atomic E-state index is 13.4. The summed E-state index contributed by atoms with van der Waals surface area (Å²) < 4.78 is 0. The molecule has 0 heterocycles. The molecule has 0 radical (unpaired) electrons. The normalized spacial score (nSPS) is 21.1. The van der Waals surface area contributed by atoms with Gasteiger partial charge >= 0.3 is 0 Å². The molecule has 2 amide bonds. The fraction of sp³-hybridized carbons (Fsp3) is 0.417. The van der Waals surface area contributed by atoms with Gasteiger partial charge in [0.1, 0.15) is 0 Å². The van der Waals surface area contributed by atoms with Crippen molar-refractivity contribution < 1.29 is 9.59 Å². The zero-order valence-electron chi connectivity index (χ0n) is 17.0. The highest BCUT2D eigenvalue weighted by atomic mass is 35.5. The molecule has 0 spiro atoms. The molecule has 3 N–H and O–H groups in total. The number of hydrogen-bond acceptors (Lipinski definition) is 3. The quantitative estimate of drug-likeness (QED) is 0.710. The first-order chi connectivity index (χ1) is 14.5. The van der Waals surface area contributed by atoms with Gasteiger partial charge in [-0.15, -0.1) is 0 Å². The Balaban J connectivity index is 1.60. The minimum atomic E-state index is -0.0528. The maximum absolute atomic E-state index is 13.4. The van der Waals surface area contributed by atoms with Crippen molar-refractivity contribution in [2.24, 2.45) is 11.7 Å². The van der Waals surface area contributed by atoms with Crippen molar-refractivity contribution >= 4 is 29.1 Å². The lowest BCUT2D eigenvalue weighted by molar-refractivity contribution is -0.117. The van der Waals surface area contributed by atoms with Crippen molar-refractivity contribution in [3.8, 4) is 0 Å². The zero-order chi connectivity index (χ0) is 21.1. The van der Waals surface area contributed by atoms with Crippen molar-refractivity contribution in [3.63, 3.8) is 0 Å². The summed E-state index contributed by atoms with van der Waals surface area (Å²) in [7, 11) is 0. The van der Waals surface area contributed by atoms with Crippen LogP contribution in [-0.4, -0.2) is 28.8 Å². The molecule has 2 unspecified atom stereocenters. The predicted octanol–water partition coefficient (Wildman–Crippen LogP) is 4.60. The zero-order valence-corrected chi connectivity index (χ0v) is 17.8. The molecule has 158 valence electrons. The summed E-state index contributed by atoms with van der Waals surface area (Å²) in [5, 5.41) is 3.55. The van der Waals surface area contributed by atoms with Gasteiger partial charge in [0.25, 0.3) is 5.91 Å². The van der Waals surface area contributed by atoms with E-state index in [-0.39, 0.29) is 29.8 Å². The van der Waals surface area contributed by atoms with Gasteiger partial charge in [0, 0.05) is 40.8 Å². The van der Waals surface area contributed by atoms with E-state index < -0.39 is 0 Å². The number of nitrogens with zero attached hydrogens (tertiary/aromatic N) is 1. The van der Waals surface area contributed by atoms with Crippen molar-refractivity contribution in [2.75, 3.05) is 5.32 Å². The number of rotatable bonds is 6. The Bertz CT molecular complexity index is 914. The Kier molecular flexibility index (Phi) is 6.40. The smallest absolute Gasteiger partial charge is 0.254 e. The summed E-state index contributed by atoms with van der Waals surface area (Å²) in [6.45, 7) is 0.359. The SMILES string of the molecule is NC1CCCCC1N(Cc1cc(NC(=O)C2CC2)ccc1Cl)C(=O)c1ccccc1. The van der Waals surface area contributed by atoms with E-state index in [1.807, 2.05) is 47.4 Å². The molecule has 2 aromatic rings. The molecule has 2 aliphatic carbocycles. The van der Waals surface area contributed by atoms with Crippen LogP contribution in [0.5, 0.6) is 0 Å². The van der Waals surface area contributed by atoms with Crippen molar-refractivity contribution in [3.05, 3.63) is 64.7 Å². The van der Waals surface area contributed by atoms with Gasteiger partial charge in [-0.2, -0.15) is 0 Å². The number of nitrogens with one attached hydrogen (secondary N) is 1. The molecule has 2 aliphatic rings. The summed E-state index contributed by atoms with van der Waals surface area (Å²) >= 11 is 6.50. The summed E-state index contributed by atoms with van der Waals surface area (Å²) in [4.78, 5) is 27.4. The number of anilines is 1. The molecule has 0 aromatic heterocycles. The third-order valence-corrected chi connectivity index (χ3v) is 6.43. The molecule has 6 heteroatoms. The van der Waals surface area contributed by atoms with Crippen LogP contribution in [0.3, 0.4) is 0 Å². The van der Waals surface area contributed by atoms with E-state index >= 15 is 0 Å². The number of carbonyl (C=O) groups is 2. The van der Waals surface area contributed by atoms with Crippen LogP contribution in [-0.2, 0) is 11.3 Å². The van der Waals surface area contributed by atoms with Crippen molar-refractivity contribution in [2.45, 2.75) is 57.2 Å². The molecule has 2 atom stereocenters. The van der Waals surface area contributed by atoms with Crippen LogP contribution in [0.2, 0.25) is 5.02 Å². The minimum Gasteiger partial charge on any atom is -0.330 e. The highest BCUT2D eigenvalue weighted by molar-refractivity contribution is 6.31. The van der Waals surface area contributed by atoms with Gasteiger partial charge in [0.05, 0.1) is 0 Å². The Morgan fingerprint density at radius 1 is 1.03 bits per heavy atom. The Morgan fingerprint density at radius 2 is 1.77 bits per heavy atom. The average Bonchev–Trinajstić information content (AvgIpc) is 3.60. The Labute approximate surface area is 182 Å². The lowest BCUT2D eigenvalue weighted by Crippen LogP contribution is -2.51. The second-order valence-corrected chi connectivity index (χ2v) is 8.79. The molecule has 0 aliphatic heterocycles. The van der Waals surface area contributed by atoms with Gasteiger partial charge in [-0.1, -0.05) is 42.6 Å². The van der Waals surface area contributed by atoms with Crippen molar-refractivity contribution in [1.82, 2.24) is 4.90 Å². The number of halogens is 1. The second-order valence-electron chi connectivity index (χ2n) is 8.38. The third-order valence-electron chi connectivity index (χ3n) is 6.07. The standard InChI is InChI=1S/C24H28ClN3O2/c25-20-13-12-19(27-23(29)16-10-11-16)14-18(20)15-28(22-9-5-4-8-21(22)26)24(30)17-6-2-1-3-7-17/h1-3,6-7,12-14,16,21-22H,4-5,8-11,15,26H2,(H,27,29). The lowest BCUT2D eigenvalue weighted by atomic mass is 9.89. The van der Waals surface area contributed by atoms with Crippen LogP contribution in [0.4, 0.5) is 5.69 Å². The van der Waals surface area contributed by atoms with Gasteiger partial charge in [0.15, 0.2) is 0 Å². The molecule has 5 nitrogen and oxygen atoms in total. The van der Waals surface area contributed by atoms with Crippen LogP contribution in [0.25, 0.3) is 0 Å².